The molecule has 7 heavy (non-hydrogen) atoms. The lowest BCUT2D eigenvalue weighted by atomic mass is 11.7. The Morgan fingerprint density at radius 1 is 1.71 bits per heavy atom. The molecule has 5 nitrogen and oxygen atoms in total. The second kappa shape index (κ2) is 1.90. The molecule has 0 radical (unpaired) electrons. The van der Waals surface area contributed by atoms with Crippen LogP contribution in [0.3, 0.4) is 0 Å². The zero-order valence-corrected chi connectivity index (χ0v) is 4.09. The van der Waals surface area contributed by atoms with Crippen LogP contribution >= 0.6 is 0 Å². The number of hydrazone groups is 1. The molecule has 0 aromatic carbocycles. The summed E-state index contributed by atoms with van der Waals surface area (Å²) in [7, 11) is -4.09. The van der Waals surface area contributed by atoms with Crippen LogP contribution in [0.4, 0.5) is 0 Å². The van der Waals surface area contributed by atoms with Crippen molar-refractivity contribution >= 4 is 15.7 Å². The van der Waals surface area contributed by atoms with Gasteiger partial charge in [-0.25, -0.2) is 0 Å². The average Bonchev–Trinajstić information content (AvgIpc) is 1.30. The number of hydrogen-bond acceptors (Lipinski definition) is 4. The van der Waals surface area contributed by atoms with Crippen molar-refractivity contribution in [3.8, 4) is 0 Å². The first-order valence-electron chi connectivity index (χ1n) is 1.27. The summed E-state index contributed by atoms with van der Waals surface area (Å²) >= 11 is 0. The molecule has 0 saturated carbocycles. The first-order valence-corrected chi connectivity index (χ1v) is 2.77. The van der Waals surface area contributed by atoms with Crippen molar-refractivity contribution in [1.82, 2.24) is 0 Å². The minimum atomic E-state index is -4.09. The molecule has 0 unspecified atom stereocenters. The van der Waals surface area contributed by atoms with E-state index in [0.717, 1.165) is 0 Å². The Bertz CT molecular complexity index is 156. The monoisotopic (exact) mass is 124 g/mol. The summed E-state index contributed by atoms with van der Waals surface area (Å²) in [5.74, 6) is 4.34. The summed E-state index contributed by atoms with van der Waals surface area (Å²) in [4.78, 5) is 0. The van der Waals surface area contributed by atoms with Gasteiger partial charge in [-0.3, -0.25) is 4.55 Å². The minimum Gasteiger partial charge on any atom is -0.323 e. The molecular formula is CH4N2O3S. The Kier molecular flexibility index (Phi) is 1.73. The van der Waals surface area contributed by atoms with E-state index in [1.807, 2.05) is 0 Å². The van der Waals surface area contributed by atoms with Gasteiger partial charge in [0.25, 0.3) is 0 Å². The van der Waals surface area contributed by atoms with Crippen molar-refractivity contribution < 1.29 is 13.0 Å². The summed E-state index contributed by atoms with van der Waals surface area (Å²) < 4.78 is 26.9. The molecule has 0 atom stereocenters. The van der Waals surface area contributed by atoms with Crippen LogP contribution in [0.25, 0.3) is 0 Å². The third kappa shape index (κ3) is 5.38. The highest BCUT2D eigenvalue weighted by Crippen LogP contribution is 1.67. The SMILES string of the molecule is N/N=C\S(=O)(=O)O. The van der Waals surface area contributed by atoms with Crippen molar-refractivity contribution in [1.29, 1.82) is 0 Å². The molecule has 0 aliphatic carbocycles. The van der Waals surface area contributed by atoms with Crippen molar-refractivity contribution in [2.24, 2.45) is 10.9 Å². The molecule has 6 heteroatoms. The fraction of sp³-hybridized carbons (Fsp3) is 0. The molecule has 0 aromatic heterocycles. The summed E-state index contributed by atoms with van der Waals surface area (Å²) in [5, 5.41) is 2.54. The van der Waals surface area contributed by atoms with Gasteiger partial charge in [-0.15, -0.1) is 0 Å². The zero-order chi connectivity index (χ0) is 5.91. The van der Waals surface area contributed by atoms with Gasteiger partial charge < -0.3 is 5.84 Å². The third-order valence-electron chi connectivity index (χ3n) is 0.194. The molecule has 0 bridgehead atoms. The number of rotatable bonds is 1. The molecular weight excluding hydrogens is 120 g/mol. The minimum absolute atomic E-state index is 0.243. The van der Waals surface area contributed by atoms with Gasteiger partial charge in [-0.2, -0.15) is 13.5 Å². The van der Waals surface area contributed by atoms with Crippen LogP contribution in [0.2, 0.25) is 0 Å². The van der Waals surface area contributed by atoms with Crippen LogP contribution < -0.4 is 5.84 Å². The Labute approximate surface area is 40.6 Å². The predicted octanol–water partition coefficient (Wildman–Crippen LogP) is -1.22. The Balaban J connectivity index is 4.13. The smallest absolute Gasteiger partial charge is 0.306 e. The van der Waals surface area contributed by atoms with Crippen molar-refractivity contribution in [2.45, 2.75) is 0 Å². The molecule has 0 aliphatic heterocycles. The number of nitrogens with two attached hydrogens (primary N) is 1. The van der Waals surface area contributed by atoms with Crippen LogP contribution in [0.15, 0.2) is 5.10 Å². The Morgan fingerprint density at radius 3 is 2.14 bits per heavy atom. The van der Waals surface area contributed by atoms with Gasteiger partial charge in [0.05, 0.1) is 0 Å². The van der Waals surface area contributed by atoms with Crippen LogP contribution in [0.5, 0.6) is 0 Å². The maximum absolute atomic E-state index is 9.56. The average molecular weight is 124 g/mol. The largest absolute Gasteiger partial charge is 0.323 e. The van der Waals surface area contributed by atoms with E-state index in [-0.39, 0.29) is 5.55 Å². The molecule has 0 aliphatic rings. The highest BCUT2D eigenvalue weighted by Gasteiger charge is 1.92. The predicted molar refractivity (Wildman–Crippen MR) is 24.2 cm³/mol. The summed E-state index contributed by atoms with van der Waals surface area (Å²) in [6.45, 7) is 0. The molecule has 3 N–H and O–H groups in total. The lowest BCUT2D eigenvalue weighted by Crippen LogP contribution is -1.98. The Morgan fingerprint density at radius 2 is 2.14 bits per heavy atom. The highest BCUT2D eigenvalue weighted by molar-refractivity contribution is 7.99. The molecule has 0 spiro atoms. The molecule has 0 saturated heterocycles. The first-order chi connectivity index (χ1) is 3.06. The summed E-state index contributed by atoms with van der Waals surface area (Å²) in [6.07, 6.45) is 0. The van der Waals surface area contributed by atoms with E-state index in [2.05, 4.69) is 10.9 Å². The van der Waals surface area contributed by atoms with Crippen molar-refractivity contribution in [3.63, 3.8) is 0 Å². The van der Waals surface area contributed by atoms with E-state index in [9.17, 15) is 8.42 Å². The van der Waals surface area contributed by atoms with Crippen LogP contribution in [0.1, 0.15) is 0 Å². The van der Waals surface area contributed by atoms with E-state index in [0.29, 0.717) is 0 Å². The van der Waals surface area contributed by atoms with E-state index < -0.39 is 10.1 Å². The quantitative estimate of drug-likeness (QED) is 0.150. The molecule has 0 amide bonds. The summed E-state index contributed by atoms with van der Waals surface area (Å²) in [5.41, 5.74) is 0.243. The maximum Gasteiger partial charge on any atom is 0.306 e. The van der Waals surface area contributed by atoms with Gasteiger partial charge >= 0.3 is 10.1 Å². The first kappa shape index (κ1) is 6.38. The van der Waals surface area contributed by atoms with Gasteiger partial charge in [0.15, 0.2) is 5.55 Å². The number of hydrogen-bond donors (Lipinski definition) is 2. The molecule has 0 aromatic rings. The molecule has 0 rings (SSSR count). The van der Waals surface area contributed by atoms with Gasteiger partial charge in [-0.05, 0) is 0 Å². The lowest BCUT2D eigenvalue weighted by Gasteiger charge is -1.75. The van der Waals surface area contributed by atoms with Gasteiger partial charge in [0.2, 0.25) is 0 Å². The van der Waals surface area contributed by atoms with Crippen LogP contribution in [0, 0.1) is 0 Å². The highest BCUT2D eigenvalue weighted by atomic mass is 32.2. The number of nitrogens with zero attached hydrogens (tertiary/aromatic N) is 1. The second-order valence-electron chi connectivity index (χ2n) is 0.769. The fourth-order valence-electron chi connectivity index (χ4n) is 0.0769. The fourth-order valence-corrected chi connectivity index (χ4v) is 0.231. The normalized spacial score (nSPS) is 12.7. The Hall–Kier alpha value is -0.620. The molecule has 0 fully saturated rings. The van der Waals surface area contributed by atoms with Gasteiger partial charge in [0.1, 0.15) is 0 Å². The van der Waals surface area contributed by atoms with Gasteiger partial charge in [-0.1, -0.05) is 0 Å². The van der Waals surface area contributed by atoms with Crippen molar-refractivity contribution in [2.75, 3.05) is 0 Å². The summed E-state index contributed by atoms with van der Waals surface area (Å²) in [6, 6.07) is 0. The van der Waals surface area contributed by atoms with E-state index >= 15 is 0 Å². The second-order valence-corrected chi connectivity index (χ2v) is 2.01. The van der Waals surface area contributed by atoms with E-state index in [1.54, 1.807) is 0 Å². The lowest BCUT2D eigenvalue weighted by molar-refractivity contribution is 0.499. The van der Waals surface area contributed by atoms with Crippen LogP contribution in [-0.2, 0) is 10.1 Å². The van der Waals surface area contributed by atoms with Gasteiger partial charge in [0, 0.05) is 0 Å². The third-order valence-corrected chi connectivity index (χ3v) is 0.582. The molecule has 42 valence electrons. The standard InChI is InChI=1S/CH4N2O3S/c2-3-1-7(4,5)6/h1H,2H2,(H,4,5,6)/b3-1-. The zero-order valence-electron chi connectivity index (χ0n) is 3.27. The van der Waals surface area contributed by atoms with E-state index in [4.69, 9.17) is 4.55 Å². The maximum atomic E-state index is 9.56. The topological polar surface area (TPSA) is 92.8 Å². The van der Waals surface area contributed by atoms with Crippen molar-refractivity contribution in [3.05, 3.63) is 0 Å². The van der Waals surface area contributed by atoms with E-state index in [1.165, 1.54) is 0 Å². The van der Waals surface area contributed by atoms with Crippen LogP contribution in [-0.4, -0.2) is 18.5 Å². The molecule has 0 heterocycles.